The van der Waals surface area contributed by atoms with Crippen molar-refractivity contribution in [2.24, 2.45) is 0 Å². The third kappa shape index (κ3) is 4.60. The molecule has 0 bridgehead atoms. The van der Waals surface area contributed by atoms with Crippen LogP contribution in [-0.2, 0) is 4.79 Å². The lowest BCUT2D eigenvalue weighted by molar-refractivity contribution is -0.122. The standard InChI is InChI=1S/C13H19ClN2O2S/c1-4-7-16(8-12(17)15-3)9(2)13(18)10-5-6-11(14)19-10/h5-6,9H,4,7-8H2,1-3H3,(H,15,17). The molecule has 1 rings (SSSR count). The molecule has 0 saturated carbocycles. The lowest BCUT2D eigenvalue weighted by Crippen LogP contribution is -2.44. The van der Waals surface area contributed by atoms with Crippen LogP contribution in [0.3, 0.4) is 0 Å². The van der Waals surface area contributed by atoms with Crippen molar-refractivity contribution in [1.29, 1.82) is 0 Å². The van der Waals surface area contributed by atoms with Gasteiger partial charge < -0.3 is 5.32 Å². The van der Waals surface area contributed by atoms with Crippen molar-refractivity contribution in [1.82, 2.24) is 10.2 Å². The van der Waals surface area contributed by atoms with E-state index >= 15 is 0 Å². The molecule has 0 spiro atoms. The summed E-state index contributed by atoms with van der Waals surface area (Å²) in [7, 11) is 1.60. The van der Waals surface area contributed by atoms with Crippen molar-refractivity contribution in [3.63, 3.8) is 0 Å². The predicted octanol–water partition coefficient (Wildman–Crippen LogP) is 2.43. The van der Waals surface area contributed by atoms with Gasteiger partial charge in [0, 0.05) is 7.05 Å². The molecule has 1 heterocycles. The van der Waals surface area contributed by atoms with Gasteiger partial charge in [0.1, 0.15) is 0 Å². The summed E-state index contributed by atoms with van der Waals surface area (Å²) in [5.41, 5.74) is 0. The number of likely N-dealkylation sites (N-methyl/N-ethyl adjacent to an activating group) is 1. The summed E-state index contributed by atoms with van der Waals surface area (Å²) in [5.74, 6) is -0.0773. The van der Waals surface area contributed by atoms with Gasteiger partial charge in [-0.1, -0.05) is 18.5 Å². The minimum absolute atomic E-state index is 0.00857. The van der Waals surface area contributed by atoms with E-state index in [4.69, 9.17) is 11.6 Å². The van der Waals surface area contributed by atoms with Crippen molar-refractivity contribution in [2.45, 2.75) is 26.3 Å². The minimum Gasteiger partial charge on any atom is -0.358 e. The second kappa shape index (κ2) is 7.62. The summed E-state index contributed by atoms with van der Waals surface area (Å²) >= 11 is 7.12. The fraction of sp³-hybridized carbons (Fsp3) is 0.538. The Morgan fingerprint density at radius 1 is 1.47 bits per heavy atom. The van der Waals surface area contributed by atoms with Crippen LogP contribution in [-0.4, -0.2) is 42.8 Å². The van der Waals surface area contributed by atoms with E-state index in [1.807, 2.05) is 18.7 Å². The molecule has 6 heteroatoms. The van der Waals surface area contributed by atoms with Gasteiger partial charge in [0.05, 0.1) is 21.8 Å². The molecule has 4 nitrogen and oxygen atoms in total. The van der Waals surface area contributed by atoms with E-state index < -0.39 is 0 Å². The third-order valence-electron chi connectivity index (χ3n) is 2.88. The Kier molecular flexibility index (Phi) is 6.48. The molecule has 0 radical (unpaired) electrons. The summed E-state index contributed by atoms with van der Waals surface area (Å²) < 4.78 is 0.601. The van der Waals surface area contributed by atoms with E-state index in [9.17, 15) is 9.59 Å². The minimum atomic E-state index is -0.327. The van der Waals surface area contributed by atoms with Crippen LogP contribution in [0.4, 0.5) is 0 Å². The summed E-state index contributed by atoms with van der Waals surface area (Å²) in [5, 5.41) is 2.58. The molecule has 1 aromatic heterocycles. The van der Waals surface area contributed by atoms with Gasteiger partial charge in [-0.2, -0.15) is 0 Å². The molecule has 1 amide bonds. The number of rotatable bonds is 7. The van der Waals surface area contributed by atoms with Crippen LogP contribution in [0.5, 0.6) is 0 Å². The lowest BCUT2D eigenvalue weighted by atomic mass is 10.1. The van der Waals surface area contributed by atoms with Crippen LogP contribution >= 0.6 is 22.9 Å². The fourth-order valence-electron chi connectivity index (χ4n) is 1.78. The fourth-order valence-corrected chi connectivity index (χ4v) is 2.84. The monoisotopic (exact) mass is 302 g/mol. The zero-order chi connectivity index (χ0) is 14.4. The summed E-state index contributed by atoms with van der Waals surface area (Å²) in [6, 6.07) is 3.12. The van der Waals surface area contributed by atoms with Crippen LogP contribution < -0.4 is 5.32 Å². The van der Waals surface area contributed by atoms with Crippen LogP contribution in [0.1, 0.15) is 29.9 Å². The van der Waals surface area contributed by atoms with Crippen molar-refractivity contribution < 1.29 is 9.59 Å². The van der Waals surface area contributed by atoms with E-state index in [1.165, 1.54) is 11.3 Å². The van der Waals surface area contributed by atoms with Gasteiger partial charge in [0.25, 0.3) is 0 Å². The molecule has 106 valence electrons. The number of carbonyl (C=O) groups excluding carboxylic acids is 2. The van der Waals surface area contributed by atoms with Gasteiger partial charge in [-0.05, 0) is 32.0 Å². The average Bonchev–Trinajstić information content (AvgIpc) is 2.83. The zero-order valence-corrected chi connectivity index (χ0v) is 13.0. The van der Waals surface area contributed by atoms with Crippen LogP contribution in [0.25, 0.3) is 0 Å². The summed E-state index contributed by atoms with van der Waals surface area (Å²) in [6.07, 6.45) is 0.889. The number of ketones is 1. The maximum absolute atomic E-state index is 12.3. The third-order valence-corrected chi connectivity index (χ3v) is 4.13. The van der Waals surface area contributed by atoms with Crippen molar-refractivity contribution >= 4 is 34.6 Å². The van der Waals surface area contributed by atoms with Crippen LogP contribution in [0.2, 0.25) is 4.34 Å². The Morgan fingerprint density at radius 3 is 2.63 bits per heavy atom. The highest BCUT2D eigenvalue weighted by molar-refractivity contribution is 7.18. The van der Waals surface area contributed by atoms with Crippen molar-refractivity contribution in [2.75, 3.05) is 20.1 Å². The highest BCUT2D eigenvalue weighted by atomic mass is 35.5. The maximum Gasteiger partial charge on any atom is 0.233 e. The summed E-state index contributed by atoms with van der Waals surface area (Å²) in [6.45, 7) is 4.79. The molecule has 1 aromatic rings. The quantitative estimate of drug-likeness (QED) is 0.787. The van der Waals surface area contributed by atoms with Crippen LogP contribution in [0.15, 0.2) is 12.1 Å². The van der Waals surface area contributed by atoms with E-state index in [0.29, 0.717) is 15.8 Å². The van der Waals surface area contributed by atoms with Gasteiger partial charge in [0.15, 0.2) is 5.78 Å². The van der Waals surface area contributed by atoms with E-state index in [2.05, 4.69) is 5.32 Å². The first kappa shape index (κ1) is 16.1. The molecular weight excluding hydrogens is 284 g/mol. The number of thiophene rings is 1. The number of Topliss-reactive ketones (excluding diaryl/α,β-unsaturated/α-hetero) is 1. The normalized spacial score (nSPS) is 12.5. The molecule has 0 aliphatic carbocycles. The van der Waals surface area contributed by atoms with Crippen molar-refractivity contribution in [3.8, 4) is 0 Å². The number of hydrogen-bond acceptors (Lipinski definition) is 4. The van der Waals surface area contributed by atoms with E-state index in [0.717, 1.165) is 6.42 Å². The van der Waals surface area contributed by atoms with Gasteiger partial charge >= 0.3 is 0 Å². The number of amides is 1. The molecular formula is C13H19ClN2O2S. The molecule has 0 aliphatic rings. The van der Waals surface area contributed by atoms with E-state index in [1.54, 1.807) is 19.2 Å². The Bertz CT molecular complexity index is 448. The highest BCUT2D eigenvalue weighted by Crippen LogP contribution is 2.23. The number of hydrogen-bond donors (Lipinski definition) is 1. The molecule has 1 unspecified atom stereocenters. The Labute approximate surface area is 122 Å². The van der Waals surface area contributed by atoms with Crippen LogP contribution in [0, 0.1) is 0 Å². The first-order valence-electron chi connectivity index (χ1n) is 6.23. The van der Waals surface area contributed by atoms with Gasteiger partial charge in [-0.15, -0.1) is 11.3 Å². The zero-order valence-electron chi connectivity index (χ0n) is 11.4. The molecule has 0 fully saturated rings. The van der Waals surface area contributed by atoms with Crippen molar-refractivity contribution in [3.05, 3.63) is 21.3 Å². The Balaban J connectivity index is 2.77. The topological polar surface area (TPSA) is 49.4 Å². The Morgan fingerprint density at radius 2 is 2.16 bits per heavy atom. The number of carbonyl (C=O) groups is 2. The molecule has 0 saturated heterocycles. The Hall–Kier alpha value is -0.910. The average molecular weight is 303 g/mol. The number of nitrogens with one attached hydrogen (secondary N) is 1. The SMILES string of the molecule is CCCN(CC(=O)NC)C(C)C(=O)c1ccc(Cl)s1. The molecule has 1 atom stereocenters. The summed E-state index contributed by atoms with van der Waals surface area (Å²) in [4.78, 5) is 26.3. The largest absolute Gasteiger partial charge is 0.358 e. The number of halogens is 1. The molecule has 19 heavy (non-hydrogen) atoms. The first-order chi connectivity index (χ1) is 8.99. The molecule has 0 aromatic carbocycles. The predicted molar refractivity (Wildman–Crippen MR) is 79.1 cm³/mol. The number of nitrogens with zero attached hydrogens (tertiary/aromatic N) is 1. The molecule has 0 aliphatic heterocycles. The van der Waals surface area contributed by atoms with E-state index in [-0.39, 0.29) is 24.3 Å². The highest BCUT2D eigenvalue weighted by Gasteiger charge is 2.24. The second-order valence-electron chi connectivity index (χ2n) is 4.29. The van der Waals surface area contributed by atoms with Gasteiger partial charge in [-0.25, -0.2) is 0 Å². The smallest absolute Gasteiger partial charge is 0.233 e. The molecule has 1 N–H and O–H groups in total. The second-order valence-corrected chi connectivity index (χ2v) is 6.00. The first-order valence-corrected chi connectivity index (χ1v) is 7.43. The van der Waals surface area contributed by atoms with Gasteiger partial charge in [-0.3, -0.25) is 14.5 Å². The lowest BCUT2D eigenvalue weighted by Gasteiger charge is -2.26. The van der Waals surface area contributed by atoms with Gasteiger partial charge in [0.2, 0.25) is 5.91 Å². The maximum atomic E-state index is 12.3.